The monoisotopic (exact) mass is 257 g/mol. The Morgan fingerprint density at radius 1 is 1.50 bits per heavy atom. The van der Waals surface area contributed by atoms with Crippen LogP contribution in [-0.4, -0.2) is 46.7 Å². The number of hydrogen-bond acceptors (Lipinski definition) is 5. The third kappa shape index (κ3) is 3.78. The fourth-order valence-electron chi connectivity index (χ4n) is 1.64. The van der Waals surface area contributed by atoms with E-state index in [9.17, 15) is 4.79 Å². The van der Waals surface area contributed by atoms with E-state index in [0.717, 1.165) is 0 Å². The average molecular weight is 257 g/mol. The van der Waals surface area contributed by atoms with Gasteiger partial charge in [0.05, 0.1) is 6.61 Å². The lowest BCUT2D eigenvalue weighted by atomic mass is 10.2. The van der Waals surface area contributed by atoms with E-state index in [1.165, 1.54) is 4.68 Å². The third-order valence-electron chi connectivity index (χ3n) is 2.50. The van der Waals surface area contributed by atoms with Gasteiger partial charge in [-0.1, -0.05) is 6.92 Å². The molecule has 1 heterocycles. The molecule has 0 aliphatic rings. The van der Waals surface area contributed by atoms with Gasteiger partial charge in [0.1, 0.15) is 12.6 Å². The van der Waals surface area contributed by atoms with Gasteiger partial charge in [-0.15, -0.1) is 0 Å². The normalized spacial score (nSPS) is 12.6. The Balaban J connectivity index is 2.95. The van der Waals surface area contributed by atoms with Crippen molar-refractivity contribution in [1.82, 2.24) is 14.8 Å². The van der Waals surface area contributed by atoms with E-state index in [-0.39, 0.29) is 12.6 Å². The van der Waals surface area contributed by atoms with E-state index in [4.69, 9.17) is 14.6 Å². The summed E-state index contributed by atoms with van der Waals surface area (Å²) in [5.74, 6) is 0.169. The summed E-state index contributed by atoms with van der Waals surface area (Å²) in [6, 6.07) is 0. The first kappa shape index (κ1) is 14.6. The number of aliphatic carboxylic acids is 1. The van der Waals surface area contributed by atoms with Gasteiger partial charge in [0.15, 0.2) is 11.6 Å². The quantitative estimate of drug-likeness (QED) is 0.735. The molecule has 0 radical (unpaired) electrons. The predicted octanol–water partition coefficient (Wildman–Crippen LogP) is 0.649. The molecule has 7 heteroatoms. The zero-order valence-electron chi connectivity index (χ0n) is 10.9. The minimum absolute atomic E-state index is 0.213. The van der Waals surface area contributed by atoms with Crippen LogP contribution in [0.15, 0.2) is 0 Å². The smallest absolute Gasteiger partial charge is 0.325 e. The van der Waals surface area contributed by atoms with Gasteiger partial charge in [-0.3, -0.25) is 4.79 Å². The number of carboxylic acid groups (broad SMARTS) is 1. The first-order chi connectivity index (χ1) is 8.62. The van der Waals surface area contributed by atoms with Crippen LogP contribution in [0.1, 0.15) is 31.1 Å². The highest BCUT2D eigenvalue weighted by Gasteiger charge is 2.19. The maximum atomic E-state index is 10.8. The number of aromatic nitrogens is 3. The summed E-state index contributed by atoms with van der Waals surface area (Å²) in [6.45, 7) is 2.23. The van der Waals surface area contributed by atoms with E-state index >= 15 is 0 Å². The molecule has 0 spiro atoms. The molecule has 0 fully saturated rings. The summed E-state index contributed by atoms with van der Waals surface area (Å²) in [5, 5.41) is 13.0. The van der Waals surface area contributed by atoms with Gasteiger partial charge in [0, 0.05) is 20.6 Å². The fraction of sp³-hybridized carbons (Fsp3) is 0.727. The molecule has 0 saturated heterocycles. The first-order valence-electron chi connectivity index (χ1n) is 5.79. The molecule has 0 bridgehead atoms. The van der Waals surface area contributed by atoms with E-state index < -0.39 is 5.97 Å². The van der Waals surface area contributed by atoms with Gasteiger partial charge in [-0.05, 0) is 6.42 Å². The molecule has 1 N–H and O–H groups in total. The molecule has 1 aromatic heterocycles. The van der Waals surface area contributed by atoms with E-state index in [1.54, 1.807) is 14.2 Å². The second-order valence-electron chi connectivity index (χ2n) is 3.81. The largest absolute Gasteiger partial charge is 0.480 e. The van der Waals surface area contributed by atoms with Crippen LogP contribution < -0.4 is 0 Å². The standard InChI is InChI=1S/C11H19N3O4/c1-4-8(18-3)11-12-9(5-6-17-2)13-14(11)7-10(15)16/h8H,4-7H2,1-3H3,(H,15,16). The van der Waals surface area contributed by atoms with Crippen LogP contribution in [0.3, 0.4) is 0 Å². The van der Waals surface area contributed by atoms with Gasteiger partial charge in [-0.2, -0.15) is 5.10 Å². The molecule has 0 aliphatic heterocycles. The molecule has 102 valence electrons. The molecule has 1 unspecified atom stereocenters. The number of carbonyl (C=O) groups is 1. The predicted molar refractivity (Wildman–Crippen MR) is 63.3 cm³/mol. The Morgan fingerprint density at radius 2 is 2.22 bits per heavy atom. The maximum Gasteiger partial charge on any atom is 0.325 e. The van der Waals surface area contributed by atoms with Crippen LogP contribution in [0.5, 0.6) is 0 Å². The highest BCUT2D eigenvalue weighted by molar-refractivity contribution is 5.66. The van der Waals surface area contributed by atoms with Crippen molar-refractivity contribution in [1.29, 1.82) is 0 Å². The van der Waals surface area contributed by atoms with Crippen LogP contribution in [0.25, 0.3) is 0 Å². The minimum Gasteiger partial charge on any atom is -0.480 e. The Hall–Kier alpha value is -1.47. The summed E-state index contributed by atoms with van der Waals surface area (Å²) < 4.78 is 11.6. The lowest BCUT2D eigenvalue weighted by Gasteiger charge is -2.12. The molecule has 0 saturated carbocycles. The fourth-order valence-corrected chi connectivity index (χ4v) is 1.64. The molecule has 0 aliphatic carbocycles. The highest BCUT2D eigenvalue weighted by atomic mass is 16.5. The Bertz CT molecular complexity index is 388. The SMILES string of the molecule is CCC(OC)c1nc(CCOC)nn1CC(=O)O. The molecule has 1 rings (SSSR count). The molecule has 0 amide bonds. The molecule has 18 heavy (non-hydrogen) atoms. The van der Waals surface area contributed by atoms with Crippen molar-refractivity contribution in [3.8, 4) is 0 Å². The van der Waals surface area contributed by atoms with Crippen molar-refractivity contribution >= 4 is 5.97 Å². The number of ether oxygens (including phenoxy) is 2. The number of rotatable bonds is 8. The Kier molecular flexibility index (Phi) is 5.73. The highest BCUT2D eigenvalue weighted by Crippen LogP contribution is 2.18. The van der Waals surface area contributed by atoms with Crippen molar-refractivity contribution in [2.75, 3.05) is 20.8 Å². The number of hydrogen-bond donors (Lipinski definition) is 1. The van der Waals surface area contributed by atoms with Crippen LogP contribution >= 0.6 is 0 Å². The second-order valence-corrected chi connectivity index (χ2v) is 3.81. The van der Waals surface area contributed by atoms with Crippen molar-refractivity contribution in [2.24, 2.45) is 0 Å². The third-order valence-corrected chi connectivity index (χ3v) is 2.50. The average Bonchev–Trinajstić information content (AvgIpc) is 2.71. The Morgan fingerprint density at radius 3 is 2.72 bits per heavy atom. The van der Waals surface area contributed by atoms with Crippen LogP contribution in [0.2, 0.25) is 0 Å². The van der Waals surface area contributed by atoms with Crippen molar-refractivity contribution in [3.05, 3.63) is 11.6 Å². The van der Waals surface area contributed by atoms with Crippen LogP contribution in [-0.2, 0) is 27.2 Å². The first-order valence-corrected chi connectivity index (χ1v) is 5.79. The number of carboxylic acids is 1. The molecule has 1 atom stereocenters. The molecular weight excluding hydrogens is 238 g/mol. The topological polar surface area (TPSA) is 86.5 Å². The van der Waals surface area contributed by atoms with Gasteiger partial charge >= 0.3 is 5.97 Å². The lowest BCUT2D eigenvalue weighted by Crippen LogP contribution is -2.16. The van der Waals surface area contributed by atoms with Gasteiger partial charge in [0.2, 0.25) is 0 Å². The second kappa shape index (κ2) is 7.07. The molecular formula is C11H19N3O4. The summed E-state index contributed by atoms with van der Waals surface area (Å²) in [5.41, 5.74) is 0. The van der Waals surface area contributed by atoms with Gasteiger partial charge < -0.3 is 14.6 Å². The maximum absolute atomic E-state index is 10.8. The number of methoxy groups -OCH3 is 2. The Labute approximate surface area is 106 Å². The molecule has 1 aromatic rings. The van der Waals surface area contributed by atoms with E-state index in [2.05, 4.69) is 10.1 Å². The molecule has 0 aromatic carbocycles. The van der Waals surface area contributed by atoms with Crippen LogP contribution in [0.4, 0.5) is 0 Å². The number of nitrogens with zero attached hydrogens (tertiary/aromatic N) is 3. The van der Waals surface area contributed by atoms with Crippen molar-refractivity contribution in [3.63, 3.8) is 0 Å². The zero-order chi connectivity index (χ0) is 13.5. The van der Waals surface area contributed by atoms with E-state index in [0.29, 0.717) is 31.1 Å². The minimum atomic E-state index is -0.953. The van der Waals surface area contributed by atoms with Crippen LogP contribution in [0, 0.1) is 0 Å². The van der Waals surface area contributed by atoms with Gasteiger partial charge in [-0.25, -0.2) is 9.67 Å². The summed E-state index contributed by atoms with van der Waals surface area (Å²) in [7, 11) is 3.17. The van der Waals surface area contributed by atoms with Gasteiger partial charge in [0.25, 0.3) is 0 Å². The van der Waals surface area contributed by atoms with Crippen molar-refractivity contribution < 1.29 is 19.4 Å². The summed E-state index contributed by atoms with van der Waals surface area (Å²) in [4.78, 5) is 15.1. The molecule has 7 nitrogen and oxygen atoms in total. The summed E-state index contributed by atoms with van der Waals surface area (Å²) in [6.07, 6.45) is 1.02. The van der Waals surface area contributed by atoms with Crippen molar-refractivity contribution in [2.45, 2.75) is 32.4 Å². The zero-order valence-corrected chi connectivity index (χ0v) is 10.9. The van der Waals surface area contributed by atoms with E-state index in [1.807, 2.05) is 6.92 Å². The summed E-state index contributed by atoms with van der Waals surface area (Å²) >= 11 is 0. The lowest BCUT2D eigenvalue weighted by molar-refractivity contribution is -0.138.